The third kappa shape index (κ3) is 2.52. The van der Waals surface area contributed by atoms with Gasteiger partial charge < -0.3 is 4.74 Å². The predicted molar refractivity (Wildman–Crippen MR) is 102 cm³/mol. The van der Waals surface area contributed by atoms with E-state index in [1.165, 1.54) is 25.7 Å². The molecule has 146 valence electrons. The molecule has 3 heteroatoms. The van der Waals surface area contributed by atoms with Gasteiger partial charge in [-0.15, -0.1) is 0 Å². The fraction of sp³-hybridized carbons (Fsp3) is 0.913. The first-order chi connectivity index (χ1) is 12.2. The first-order valence-electron chi connectivity index (χ1n) is 11.0. The van der Waals surface area contributed by atoms with E-state index in [4.69, 9.17) is 4.74 Å². The molecule has 0 unspecified atom stereocenters. The normalized spacial score (nSPS) is 50.5. The van der Waals surface area contributed by atoms with Crippen LogP contribution in [0.2, 0.25) is 0 Å². The van der Waals surface area contributed by atoms with Crippen molar-refractivity contribution in [3.8, 4) is 0 Å². The van der Waals surface area contributed by atoms with E-state index in [1.54, 1.807) is 6.92 Å². The van der Waals surface area contributed by atoms with Gasteiger partial charge in [0.15, 0.2) is 0 Å². The largest absolute Gasteiger partial charge is 0.459 e. The maximum Gasteiger partial charge on any atom is 0.303 e. The Hall–Kier alpha value is -0.860. The van der Waals surface area contributed by atoms with Crippen LogP contribution in [0.4, 0.5) is 0 Å². The molecule has 0 aliphatic heterocycles. The van der Waals surface area contributed by atoms with Crippen LogP contribution < -0.4 is 0 Å². The average molecular weight is 361 g/mol. The molecule has 0 heterocycles. The monoisotopic (exact) mass is 360 g/mol. The maximum atomic E-state index is 12.5. The summed E-state index contributed by atoms with van der Waals surface area (Å²) in [5.74, 6) is 3.21. The Bertz CT molecular complexity index is 613. The summed E-state index contributed by atoms with van der Waals surface area (Å²) in [4.78, 5) is 24.2. The fourth-order valence-electron chi connectivity index (χ4n) is 7.87. The van der Waals surface area contributed by atoms with Crippen molar-refractivity contribution in [3.63, 3.8) is 0 Å². The topological polar surface area (TPSA) is 43.4 Å². The lowest BCUT2D eigenvalue weighted by Crippen LogP contribution is -2.56. The minimum Gasteiger partial charge on any atom is -0.459 e. The molecule has 0 aromatic heterocycles. The van der Waals surface area contributed by atoms with Crippen molar-refractivity contribution in [1.29, 1.82) is 0 Å². The summed E-state index contributed by atoms with van der Waals surface area (Å²) in [6.45, 7) is 8.52. The molecule has 4 rings (SSSR count). The Labute approximate surface area is 158 Å². The van der Waals surface area contributed by atoms with Crippen molar-refractivity contribution >= 4 is 11.8 Å². The fourth-order valence-corrected chi connectivity index (χ4v) is 7.87. The van der Waals surface area contributed by atoms with Crippen molar-refractivity contribution in [1.82, 2.24) is 0 Å². The average Bonchev–Trinajstić information content (AvgIpc) is 2.90. The molecule has 0 saturated heterocycles. The van der Waals surface area contributed by atoms with Gasteiger partial charge in [-0.3, -0.25) is 9.59 Å². The highest BCUT2D eigenvalue weighted by Crippen LogP contribution is 2.66. The van der Waals surface area contributed by atoms with Crippen molar-refractivity contribution in [2.75, 3.05) is 0 Å². The molecule has 7 atom stereocenters. The summed E-state index contributed by atoms with van der Waals surface area (Å²) in [6, 6.07) is 0. The van der Waals surface area contributed by atoms with Crippen molar-refractivity contribution in [2.24, 2.45) is 34.5 Å². The molecule has 4 aliphatic rings. The number of hydrogen-bond donors (Lipinski definition) is 0. The molecule has 0 radical (unpaired) electrons. The van der Waals surface area contributed by atoms with Crippen LogP contribution in [-0.2, 0) is 14.3 Å². The molecular weight excluding hydrogens is 324 g/mol. The van der Waals surface area contributed by atoms with Gasteiger partial charge in [-0.2, -0.15) is 0 Å². The van der Waals surface area contributed by atoms with E-state index < -0.39 is 0 Å². The van der Waals surface area contributed by atoms with Crippen LogP contribution in [0.5, 0.6) is 0 Å². The third-order valence-corrected chi connectivity index (χ3v) is 9.52. The number of Topliss-reactive ketones (excluding diaryl/α,β-unsaturated/α-hetero) is 1. The van der Waals surface area contributed by atoms with E-state index >= 15 is 0 Å². The van der Waals surface area contributed by atoms with Gasteiger partial charge in [0.1, 0.15) is 11.4 Å². The summed E-state index contributed by atoms with van der Waals surface area (Å²) in [5, 5.41) is 0. The summed E-state index contributed by atoms with van der Waals surface area (Å²) in [6.07, 6.45) is 11.0. The second-order valence-electron chi connectivity index (χ2n) is 10.4. The summed E-state index contributed by atoms with van der Waals surface area (Å²) >= 11 is 0. The quantitative estimate of drug-likeness (QED) is 0.627. The van der Waals surface area contributed by atoms with Crippen LogP contribution >= 0.6 is 0 Å². The smallest absolute Gasteiger partial charge is 0.303 e. The standard InChI is InChI=1S/C23H36O3/c1-5-23(26-15(2)24)13-12-21(3)16(14-23)6-7-17-18-8-9-20(25)22(18,4)11-10-19(17)21/h16-19H,5-14H2,1-4H3/t16-,17-,18+,19-,21-,22-,23+/m0/s1. The van der Waals surface area contributed by atoms with Crippen molar-refractivity contribution < 1.29 is 14.3 Å². The second kappa shape index (κ2) is 6.07. The number of carbonyl (C=O) groups excluding carboxylic acids is 2. The second-order valence-corrected chi connectivity index (χ2v) is 10.4. The third-order valence-electron chi connectivity index (χ3n) is 9.52. The highest BCUT2D eigenvalue weighted by atomic mass is 16.6. The molecule has 26 heavy (non-hydrogen) atoms. The van der Waals surface area contributed by atoms with Crippen LogP contribution in [0.25, 0.3) is 0 Å². The SMILES string of the molecule is CC[C@@]1(OC(C)=O)CC[C@@]2(C)[C@@H](CC[C@H]3[C@H]4CCC(=O)[C@@]4(C)CC[C@@H]32)C1. The van der Waals surface area contributed by atoms with E-state index in [9.17, 15) is 9.59 Å². The molecule has 3 nitrogen and oxygen atoms in total. The lowest BCUT2D eigenvalue weighted by molar-refractivity contribution is -0.182. The Morgan fingerprint density at radius 1 is 1.08 bits per heavy atom. The van der Waals surface area contributed by atoms with Gasteiger partial charge in [-0.05, 0) is 86.9 Å². The first-order valence-corrected chi connectivity index (χ1v) is 11.0. The maximum absolute atomic E-state index is 12.5. The van der Waals surface area contributed by atoms with Crippen LogP contribution in [0.3, 0.4) is 0 Å². The molecule has 0 amide bonds. The highest BCUT2D eigenvalue weighted by molar-refractivity contribution is 5.87. The van der Waals surface area contributed by atoms with Gasteiger partial charge in [-0.25, -0.2) is 0 Å². The number of ether oxygens (including phenoxy) is 1. The number of rotatable bonds is 2. The Balaban J connectivity index is 1.58. The molecule has 0 aromatic rings. The first kappa shape index (κ1) is 18.5. The Morgan fingerprint density at radius 2 is 1.85 bits per heavy atom. The van der Waals surface area contributed by atoms with E-state index in [0.717, 1.165) is 50.4 Å². The molecule has 0 spiro atoms. The lowest BCUT2D eigenvalue weighted by Gasteiger charge is -2.61. The number of carbonyl (C=O) groups is 2. The number of esters is 1. The van der Waals surface area contributed by atoms with Gasteiger partial charge in [0.25, 0.3) is 0 Å². The molecule has 4 aliphatic carbocycles. The van der Waals surface area contributed by atoms with Gasteiger partial charge in [0.05, 0.1) is 0 Å². The zero-order valence-electron chi connectivity index (χ0n) is 17.1. The van der Waals surface area contributed by atoms with Crippen LogP contribution in [0.1, 0.15) is 91.9 Å². The summed E-state index contributed by atoms with van der Waals surface area (Å²) in [5.41, 5.74) is 0.119. The zero-order chi connectivity index (χ0) is 18.7. The van der Waals surface area contributed by atoms with Crippen LogP contribution in [-0.4, -0.2) is 17.4 Å². The van der Waals surface area contributed by atoms with Gasteiger partial charge >= 0.3 is 5.97 Å². The Morgan fingerprint density at radius 3 is 2.54 bits per heavy atom. The predicted octanol–water partition coefficient (Wildman–Crippen LogP) is 5.31. The van der Waals surface area contributed by atoms with Gasteiger partial charge in [0, 0.05) is 18.8 Å². The van der Waals surface area contributed by atoms with Crippen LogP contribution in [0, 0.1) is 34.5 Å². The highest BCUT2D eigenvalue weighted by Gasteiger charge is 2.61. The van der Waals surface area contributed by atoms with Crippen molar-refractivity contribution in [2.45, 2.75) is 97.5 Å². The lowest BCUT2D eigenvalue weighted by atomic mass is 9.44. The van der Waals surface area contributed by atoms with Gasteiger partial charge in [0.2, 0.25) is 0 Å². The number of hydrogen-bond acceptors (Lipinski definition) is 3. The molecular formula is C23H36O3. The minimum absolute atomic E-state index is 0.0239. The molecule has 0 aromatic carbocycles. The Kier molecular flexibility index (Phi) is 4.32. The minimum atomic E-state index is -0.227. The van der Waals surface area contributed by atoms with E-state index in [-0.39, 0.29) is 17.0 Å². The van der Waals surface area contributed by atoms with Crippen molar-refractivity contribution in [3.05, 3.63) is 0 Å². The van der Waals surface area contributed by atoms with Gasteiger partial charge in [-0.1, -0.05) is 20.8 Å². The molecule has 0 N–H and O–H groups in total. The van der Waals surface area contributed by atoms with E-state index in [0.29, 0.717) is 23.0 Å². The van der Waals surface area contributed by atoms with E-state index in [1.807, 2.05) is 0 Å². The summed E-state index contributed by atoms with van der Waals surface area (Å²) < 4.78 is 5.87. The number of ketones is 1. The number of fused-ring (bicyclic) bond motifs is 5. The van der Waals surface area contributed by atoms with Crippen LogP contribution in [0.15, 0.2) is 0 Å². The molecule has 0 bridgehead atoms. The molecule has 4 saturated carbocycles. The van der Waals surface area contributed by atoms with E-state index in [2.05, 4.69) is 20.8 Å². The molecule has 4 fully saturated rings. The zero-order valence-corrected chi connectivity index (χ0v) is 17.1. The summed E-state index contributed by atoms with van der Waals surface area (Å²) in [7, 11) is 0.